The van der Waals surface area contributed by atoms with E-state index in [1.807, 2.05) is 30.3 Å². The summed E-state index contributed by atoms with van der Waals surface area (Å²) < 4.78 is 13.6. The SMILES string of the molecule is O=C(c1ccccc1)c1cccc(NCc2ccccc2F)c1. The van der Waals surface area contributed by atoms with Crippen molar-refractivity contribution in [1.82, 2.24) is 0 Å². The largest absolute Gasteiger partial charge is 0.381 e. The van der Waals surface area contributed by atoms with Crippen LogP contribution >= 0.6 is 0 Å². The van der Waals surface area contributed by atoms with Gasteiger partial charge in [-0.3, -0.25) is 4.79 Å². The predicted molar refractivity (Wildman–Crippen MR) is 90.0 cm³/mol. The first-order valence-corrected chi connectivity index (χ1v) is 7.41. The Balaban J connectivity index is 1.75. The summed E-state index contributed by atoms with van der Waals surface area (Å²) in [6.07, 6.45) is 0. The van der Waals surface area contributed by atoms with Crippen LogP contribution in [0, 0.1) is 5.82 Å². The summed E-state index contributed by atoms with van der Waals surface area (Å²) in [5.41, 5.74) is 2.64. The third-order valence-electron chi connectivity index (χ3n) is 3.60. The van der Waals surface area contributed by atoms with Crippen LogP contribution in [0.15, 0.2) is 78.9 Å². The van der Waals surface area contributed by atoms with E-state index in [9.17, 15) is 9.18 Å². The van der Waals surface area contributed by atoms with E-state index in [4.69, 9.17) is 0 Å². The van der Waals surface area contributed by atoms with Crippen molar-refractivity contribution in [2.24, 2.45) is 0 Å². The van der Waals surface area contributed by atoms with Crippen LogP contribution in [0.2, 0.25) is 0 Å². The highest BCUT2D eigenvalue weighted by molar-refractivity contribution is 6.09. The molecule has 0 aliphatic heterocycles. The Bertz CT molecular complexity index is 815. The van der Waals surface area contributed by atoms with Gasteiger partial charge in [-0.05, 0) is 18.2 Å². The number of benzene rings is 3. The summed E-state index contributed by atoms with van der Waals surface area (Å²) in [6, 6.07) is 23.0. The van der Waals surface area contributed by atoms with E-state index < -0.39 is 0 Å². The molecule has 23 heavy (non-hydrogen) atoms. The number of carbonyl (C=O) groups is 1. The van der Waals surface area contributed by atoms with E-state index >= 15 is 0 Å². The van der Waals surface area contributed by atoms with Gasteiger partial charge < -0.3 is 5.32 Å². The van der Waals surface area contributed by atoms with Gasteiger partial charge in [-0.25, -0.2) is 4.39 Å². The Hall–Kier alpha value is -2.94. The molecule has 3 heteroatoms. The third-order valence-corrected chi connectivity index (χ3v) is 3.60. The van der Waals surface area contributed by atoms with E-state index in [2.05, 4.69) is 5.32 Å². The molecule has 1 N–H and O–H groups in total. The van der Waals surface area contributed by atoms with E-state index in [-0.39, 0.29) is 11.6 Å². The molecule has 0 aliphatic rings. The summed E-state index contributed by atoms with van der Waals surface area (Å²) in [4.78, 5) is 12.4. The van der Waals surface area contributed by atoms with Gasteiger partial charge in [0.1, 0.15) is 5.82 Å². The van der Waals surface area contributed by atoms with Gasteiger partial charge in [0, 0.05) is 28.9 Å². The van der Waals surface area contributed by atoms with Gasteiger partial charge >= 0.3 is 0 Å². The van der Waals surface area contributed by atoms with E-state index in [0.29, 0.717) is 23.2 Å². The second-order valence-corrected chi connectivity index (χ2v) is 5.22. The molecule has 3 rings (SSSR count). The average Bonchev–Trinajstić information content (AvgIpc) is 2.61. The van der Waals surface area contributed by atoms with Crippen molar-refractivity contribution in [2.75, 3.05) is 5.32 Å². The molecule has 2 nitrogen and oxygen atoms in total. The van der Waals surface area contributed by atoms with Gasteiger partial charge in [0.05, 0.1) is 0 Å². The zero-order valence-electron chi connectivity index (χ0n) is 12.5. The van der Waals surface area contributed by atoms with Crippen molar-refractivity contribution in [3.05, 3.63) is 101 Å². The number of hydrogen-bond donors (Lipinski definition) is 1. The fourth-order valence-electron chi connectivity index (χ4n) is 2.37. The molecule has 0 bridgehead atoms. The summed E-state index contributed by atoms with van der Waals surface area (Å²) >= 11 is 0. The Kier molecular flexibility index (Phi) is 4.48. The van der Waals surface area contributed by atoms with Gasteiger partial charge in [0.25, 0.3) is 0 Å². The maximum Gasteiger partial charge on any atom is 0.193 e. The molecule has 0 aromatic heterocycles. The maximum absolute atomic E-state index is 13.6. The Morgan fingerprint density at radius 3 is 2.30 bits per heavy atom. The second kappa shape index (κ2) is 6.88. The van der Waals surface area contributed by atoms with Gasteiger partial charge in [0.15, 0.2) is 5.78 Å². The zero-order chi connectivity index (χ0) is 16.1. The van der Waals surface area contributed by atoms with Crippen molar-refractivity contribution >= 4 is 11.5 Å². The number of nitrogens with one attached hydrogen (secondary N) is 1. The molecular formula is C20H16FNO. The highest BCUT2D eigenvalue weighted by Gasteiger charge is 2.09. The highest BCUT2D eigenvalue weighted by atomic mass is 19.1. The summed E-state index contributed by atoms with van der Waals surface area (Å²) in [5, 5.41) is 3.16. The first-order valence-electron chi connectivity index (χ1n) is 7.41. The summed E-state index contributed by atoms with van der Waals surface area (Å²) in [5.74, 6) is -0.267. The number of hydrogen-bond acceptors (Lipinski definition) is 2. The van der Waals surface area contributed by atoms with Crippen LogP contribution in [-0.2, 0) is 6.54 Å². The van der Waals surface area contributed by atoms with Crippen LogP contribution in [0.1, 0.15) is 21.5 Å². The molecule has 3 aromatic rings. The van der Waals surface area contributed by atoms with E-state index in [1.54, 1.807) is 42.5 Å². The van der Waals surface area contributed by atoms with Crippen molar-refractivity contribution in [3.8, 4) is 0 Å². The molecule has 0 unspecified atom stereocenters. The number of rotatable bonds is 5. The Morgan fingerprint density at radius 2 is 1.52 bits per heavy atom. The molecule has 0 fully saturated rings. The minimum atomic E-state index is -0.239. The van der Waals surface area contributed by atoms with Crippen molar-refractivity contribution < 1.29 is 9.18 Å². The van der Waals surface area contributed by atoms with Gasteiger partial charge in [-0.15, -0.1) is 0 Å². The predicted octanol–water partition coefficient (Wildman–Crippen LogP) is 4.67. The number of halogens is 1. The normalized spacial score (nSPS) is 10.3. The number of carbonyl (C=O) groups excluding carboxylic acids is 1. The van der Waals surface area contributed by atoms with Gasteiger partial charge in [-0.1, -0.05) is 60.7 Å². The fourth-order valence-corrected chi connectivity index (χ4v) is 2.37. The summed E-state index contributed by atoms with van der Waals surface area (Å²) in [7, 11) is 0. The molecule has 0 amide bonds. The Labute approximate surface area is 134 Å². The van der Waals surface area contributed by atoms with Crippen LogP contribution in [-0.4, -0.2) is 5.78 Å². The third kappa shape index (κ3) is 3.64. The van der Waals surface area contributed by atoms with Crippen LogP contribution in [0.25, 0.3) is 0 Å². The van der Waals surface area contributed by atoms with Crippen molar-refractivity contribution in [2.45, 2.75) is 6.54 Å². The van der Waals surface area contributed by atoms with Crippen molar-refractivity contribution in [3.63, 3.8) is 0 Å². The lowest BCUT2D eigenvalue weighted by molar-refractivity contribution is 0.103. The average molecular weight is 305 g/mol. The van der Waals surface area contributed by atoms with Gasteiger partial charge in [0.2, 0.25) is 0 Å². The molecule has 3 aromatic carbocycles. The van der Waals surface area contributed by atoms with E-state index in [1.165, 1.54) is 6.07 Å². The molecule has 0 saturated heterocycles. The maximum atomic E-state index is 13.6. The molecular weight excluding hydrogens is 289 g/mol. The van der Waals surface area contributed by atoms with Crippen molar-refractivity contribution in [1.29, 1.82) is 0 Å². The van der Waals surface area contributed by atoms with Crippen LogP contribution < -0.4 is 5.32 Å². The van der Waals surface area contributed by atoms with Gasteiger partial charge in [-0.2, -0.15) is 0 Å². The molecule has 0 aliphatic carbocycles. The minimum Gasteiger partial charge on any atom is -0.381 e. The molecule has 0 spiro atoms. The lowest BCUT2D eigenvalue weighted by atomic mass is 10.0. The highest BCUT2D eigenvalue weighted by Crippen LogP contribution is 2.16. The first kappa shape index (κ1) is 15.0. The minimum absolute atomic E-state index is 0.0276. The first-order chi connectivity index (χ1) is 11.2. The molecule has 0 radical (unpaired) electrons. The van der Waals surface area contributed by atoms with E-state index in [0.717, 1.165) is 5.69 Å². The lowest BCUT2D eigenvalue weighted by Gasteiger charge is -2.09. The quantitative estimate of drug-likeness (QED) is 0.694. The smallest absolute Gasteiger partial charge is 0.193 e. The Morgan fingerprint density at radius 1 is 0.826 bits per heavy atom. The monoisotopic (exact) mass is 305 g/mol. The number of anilines is 1. The van der Waals surface area contributed by atoms with Crippen LogP contribution in [0.4, 0.5) is 10.1 Å². The van der Waals surface area contributed by atoms with Crippen LogP contribution in [0.3, 0.4) is 0 Å². The number of ketones is 1. The van der Waals surface area contributed by atoms with Crippen LogP contribution in [0.5, 0.6) is 0 Å². The molecule has 0 atom stereocenters. The molecule has 0 saturated carbocycles. The lowest BCUT2D eigenvalue weighted by Crippen LogP contribution is -2.04. The molecule has 114 valence electrons. The summed E-state index contributed by atoms with van der Waals surface area (Å²) in [6.45, 7) is 0.371. The fraction of sp³-hybridized carbons (Fsp3) is 0.0500. The second-order valence-electron chi connectivity index (χ2n) is 5.22. The standard InChI is InChI=1S/C20H16FNO/c21-19-12-5-4-9-17(19)14-22-18-11-6-10-16(13-18)20(23)15-7-2-1-3-8-15/h1-13,22H,14H2. The topological polar surface area (TPSA) is 29.1 Å². The zero-order valence-corrected chi connectivity index (χ0v) is 12.5. The molecule has 0 heterocycles.